The van der Waals surface area contributed by atoms with Gasteiger partial charge >= 0.3 is 0 Å². The zero-order valence-electron chi connectivity index (χ0n) is 9.37. The number of hydrogen-bond donors (Lipinski definition) is 0. The minimum atomic E-state index is 0.0341. The molecule has 1 aromatic rings. The molecule has 3 nitrogen and oxygen atoms in total. The van der Waals surface area contributed by atoms with Crippen molar-refractivity contribution in [2.24, 2.45) is 0 Å². The fourth-order valence-electron chi connectivity index (χ4n) is 1.66. The van der Waals surface area contributed by atoms with Crippen molar-refractivity contribution in [3.05, 3.63) is 28.2 Å². The van der Waals surface area contributed by atoms with Crippen molar-refractivity contribution in [3.8, 4) is 5.75 Å². The van der Waals surface area contributed by atoms with E-state index in [1.165, 1.54) is 0 Å². The highest BCUT2D eigenvalue weighted by Gasteiger charge is 2.31. The molecule has 2 rings (SSSR count). The van der Waals surface area contributed by atoms with E-state index < -0.39 is 0 Å². The molecule has 0 N–H and O–H groups in total. The number of hydrogen-bond acceptors (Lipinski definition) is 2. The van der Waals surface area contributed by atoms with Gasteiger partial charge in [-0.3, -0.25) is 4.79 Å². The monoisotopic (exact) mass is 283 g/mol. The molecule has 0 radical (unpaired) electrons. The normalized spacial score (nSPS) is 14.7. The lowest BCUT2D eigenvalue weighted by Crippen LogP contribution is -2.29. The van der Waals surface area contributed by atoms with Crippen LogP contribution in [0.15, 0.2) is 22.7 Å². The maximum atomic E-state index is 12.1. The second-order valence-corrected chi connectivity index (χ2v) is 4.91. The first kappa shape index (κ1) is 11.5. The van der Waals surface area contributed by atoms with Crippen molar-refractivity contribution in [2.45, 2.75) is 18.9 Å². The number of rotatable bonds is 3. The van der Waals surface area contributed by atoms with Crippen molar-refractivity contribution in [1.29, 1.82) is 0 Å². The van der Waals surface area contributed by atoms with E-state index in [1.807, 2.05) is 19.2 Å². The highest BCUT2D eigenvalue weighted by molar-refractivity contribution is 9.10. The molecule has 1 fully saturated rings. The van der Waals surface area contributed by atoms with Crippen LogP contribution in [-0.4, -0.2) is 31.0 Å². The summed E-state index contributed by atoms with van der Waals surface area (Å²) in [6.07, 6.45) is 2.22. The van der Waals surface area contributed by atoms with Crippen LogP contribution in [0, 0.1) is 0 Å². The van der Waals surface area contributed by atoms with Crippen LogP contribution in [0.2, 0.25) is 0 Å². The van der Waals surface area contributed by atoms with E-state index in [-0.39, 0.29) is 5.91 Å². The fourth-order valence-corrected chi connectivity index (χ4v) is 2.00. The molecule has 0 aromatic heterocycles. The SMILES string of the molecule is COc1cc(Br)ccc1C(=O)N(C)C1CC1. The van der Waals surface area contributed by atoms with E-state index in [0.717, 1.165) is 17.3 Å². The molecule has 1 amide bonds. The Morgan fingerprint density at radius 3 is 2.75 bits per heavy atom. The third kappa shape index (κ3) is 2.21. The minimum Gasteiger partial charge on any atom is -0.496 e. The fraction of sp³-hybridized carbons (Fsp3) is 0.417. The topological polar surface area (TPSA) is 29.5 Å². The van der Waals surface area contributed by atoms with E-state index in [4.69, 9.17) is 4.74 Å². The van der Waals surface area contributed by atoms with Crippen LogP contribution >= 0.6 is 15.9 Å². The van der Waals surface area contributed by atoms with E-state index in [9.17, 15) is 4.79 Å². The molecule has 86 valence electrons. The molecule has 0 atom stereocenters. The zero-order chi connectivity index (χ0) is 11.7. The minimum absolute atomic E-state index is 0.0341. The molecule has 1 aliphatic carbocycles. The lowest BCUT2D eigenvalue weighted by Gasteiger charge is -2.18. The molecule has 0 heterocycles. The summed E-state index contributed by atoms with van der Waals surface area (Å²) < 4.78 is 6.13. The van der Waals surface area contributed by atoms with Crippen LogP contribution < -0.4 is 4.74 Å². The predicted molar refractivity (Wildman–Crippen MR) is 65.8 cm³/mol. The Bertz CT molecular complexity index is 415. The van der Waals surface area contributed by atoms with Crippen molar-refractivity contribution in [1.82, 2.24) is 4.90 Å². The Morgan fingerprint density at radius 1 is 1.50 bits per heavy atom. The Balaban J connectivity index is 2.27. The average molecular weight is 284 g/mol. The van der Waals surface area contributed by atoms with Gasteiger partial charge in [0.1, 0.15) is 5.75 Å². The van der Waals surface area contributed by atoms with E-state index in [1.54, 1.807) is 18.1 Å². The van der Waals surface area contributed by atoms with Gasteiger partial charge in [0.2, 0.25) is 0 Å². The largest absolute Gasteiger partial charge is 0.496 e. The maximum Gasteiger partial charge on any atom is 0.257 e. The van der Waals surface area contributed by atoms with E-state index in [2.05, 4.69) is 15.9 Å². The molecule has 1 aromatic carbocycles. The second kappa shape index (κ2) is 4.45. The molecular formula is C12H14BrNO2. The smallest absolute Gasteiger partial charge is 0.257 e. The molecule has 1 saturated carbocycles. The summed E-state index contributed by atoms with van der Waals surface area (Å²) in [6, 6.07) is 5.88. The number of halogens is 1. The maximum absolute atomic E-state index is 12.1. The number of nitrogens with zero attached hydrogens (tertiary/aromatic N) is 1. The van der Waals surface area contributed by atoms with Crippen LogP contribution in [0.5, 0.6) is 5.75 Å². The number of benzene rings is 1. The second-order valence-electron chi connectivity index (χ2n) is 3.99. The van der Waals surface area contributed by atoms with Gasteiger partial charge in [-0.2, -0.15) is 0 Å². The number of methoxy groups -OCH3 is 1. The summed E-state index contributed by atoms with van der Waals surface area (Å²) in [5, 5.41) is 0. The molecule has 0 saturated heterocycles. The van der Waals surface area contributed by atoms with Crippen molar-refractivity contribution >= 4 is 21.8 Å². The zero-order valence-corrected chi connectivity index (χ0v) is 11.0. The summed E-state index contributed by atoms with van der Waals surface area (Å²) in [6.45, 7) is 0. The van der Waals surface area contributed by atoms with Crippen LogP contribution in [0.3, 0.4) is 0 Å². The standard InChI is InChI=1S/C12H14BrNO2/c1-14(9-4-5-9)12(15)10-6-3-8(13)7-11(10)16-2/h3,6-7,9H,4-5H2,1-2H3. The Kier molecular flexibility index (Phi) is 3.19. The van der Waals surface area contributed by atoms with E-state index in [0.29, 0.717) is 17.4 Å². The summed E-state index contributed by atoms with van der Waals surface area (Å²) in [4.78, 5) is 13.9. The summed E-state index contributed by atoms with van der Waals surface area (Å²) >= 11 is 3.36. The van der Waals surface area contributed by atoms with Crippen LogP contribution in [0.1, 0.15) is 23.2 Å². The first-order valence-corrected chi connectivity index (χ1v) is 6.03. The molecule has 0 unspecified atom stereocenters. The van der Waals surface area contributed by atoms with Gasteiger partial charge in [-0.25, -0.2) is 0 Å². The lowest BCUT2D eigenvalue weighted by molar-refractivity contribution is 0.0781. The third-order valence-corrected chi connectivity index (χ3v) is 3.30. The predicted octanol–water partition coefficient (Wildman–Crippen LogP) is 2.69. The van der Waals surface area contributed by atoms with Crippen LogP contribution in [-0.2, 0) is 0 Å². The summed E-state index contributed by atoms with van der Waals surface area (Å²) in [5.74, 6) is 0.652. The van der Waals surface area contributed by atoms with Gasteiger partial charge < -0.3 is 9.64 Å². The van der Waals surface area contributed by atoms with Crippen LogP contribution in [0.25, 0.3) is 0 Å². The van der Waals surface area contributed by atoms with Gasteiger partial charge in [-0.05, 0) is 31.0 Å². The number of amides is 1. The molecule has 4 heteroatoms. The Morgan fingerprint density at radius 2 is 2.19 bits per heavy atom. The van der Waals surface area contributed by atoms with Gasteiger partial charge in [0, 0.05) is 17.6 Å². The molecule has 0 spiro atoms. The van der Waals surface area contributed by atoms with Gasteiger partial charge in [-0.15, -0.1) is 0 Å². The Labute approximate surface area is 104 Å². The molecular weight excluding hydrogens is 270 g/mol. The molecule has 0 aliphatic heterocycles. The van der Waals surface area contributed by atoms with Gasteiger partial charge in [0.15, 0.2) is 0 Å². The Hall–Kier alpha value is -1.03. The quantitative estimate of drug-likeness (QED) is 0.854. The lowest BCUT2D eigenvalue weighted by atomic mass is 10.2. The summed E-state index contributed by atoms with van der Waals surface area (Å²) in [7, 11) is 3.43. The van der Waals surface area contributed by atoms with Gasteiger partial charge in [-0.1, -0.05) is 15.9 Å². The number of ether oxygens (including phenoxy) is 1. The number of carbonyl (C=O) groups is 1. The average Bonchev–Trinajstić information content (AvgIpc) is 3.10. The van der Waals surface area contributed by atoms with Gasteiger partial charge in [0.25, 0.3) is 5.91 Å². The first-order chi connectivity index (χ1) is 7.63. The first-order valence-electron chi connectivity index (χ1n) is 5.24. The molecule has 1 aliphatic rings. The molecule has 16 heavy (non-hydrogen) atoms. The van der Waals surface area contributed by atoms with Crippen molar-refractivity contribution in [3.63, 3.8) is 0 Å². The highest BCUT2D eigenvalue weighted by Crippen LogP contribution is 2.30. The number of carbonyl (C=O) groups excluding carboxylic acids is 1. The van der Waals surface area contributed by atoms with E-state index >= 15 is 0 Å². The third-order valence-electron chi connectivity index (χ3n) is 2.81. The van der Waals surface area contributed by atoms with Crippen molar-refractivity contribution < 1.29 is 9.53 Å². The van der Waals surface area contributed by atoms with Crippen molar-refractivity contribution in [2.75, 3.05) is 14.2 Å². The van der Waals surface area contributed by atoms with Crippen LogP contribution in [0.4, 0.5) is 0 Å². The highest BCUT2D eigenvalue weighted by atomic mass is 79.9. The summed E-state index contributed by atoms with van der Waals surface area (Å²) in [5.41, 5.74) is 0.625. The molecule has 0 bridgehead atoms. The van der Waals surface area contributed by atoms with Gasteiger partial charge in [0.05, 0.1) is 12.7 Å².